The predicted molar refractivity (Wildman–Crippen MR) is 85.0 cm³/mol. The molecule has 0 heterocycles. The van der Waals surface area contributed by atoms with E-state index in [4.69, 9.17) is 11.1 Å². The van der Waals surface area contributed by atoms with E-state index in [1.165, 1.54) is 32.1 Å². The molecule has 2 rings (SSSR count). The van der Waals surface area contributed by atoms with Gasteiger partial charge in [-0.2, -0.15) is 0 Å². The van der Waals surface area contributed by atoms with Crippen LogP contribution in [-0.4, -0.2) is 19.4 Å². The van der Waals surface area contributed by atoms with Crippen molar-refractivity contribution in [3.8, 4) is 0 Å². The molecule has 1 saturated carbocycles. The molecular formula is C15H22BrN3. The minimum atomic E-state index is 0.137. The van der Waals surface area contributed by atoms with E-state index in [9.17, 15) is 0 Å². The molecule has 1 fully saturated rings. The van der Waals surface area contributed by atoms with Crippen LogP contribution in [0.25, 0.3) is 0 Å². The van der Waals surface area contributed by atoms with Gasteiger partial charge in [-0.05, 0) is 37.0 Å². The third-order valence-corrected chi connectivity index (χ3v) is 4.41. The lowest BCUT2D eigenvalue weighted by molar-refractivity contribution is 0.362. The second kappa shape index (κ2) is 6.42. The molecule has 0 unspecified atom stereocenters. The quantitative estimate of drug-likeness (QED) is 0.655. The van der Waals surface area contributed by atoms with E-state index in [1.54, 1.807) is 0 Å². The van der Waals surface area contributed by atoms with Gasteiger partial charge >= 0.3 is 0 Å². The van der Waals surface area contributed by atoms with E-state index < -0.39 is 0 Å². The van der Waals surface area contributed by atoms with Crippen LogP contribution >= 0.6 is 15.9 Å². The molecule has 19 heavy (non-hydrogen) atoms. The van der Waals surface area contributed by atoms with Gasteiger partial charge in [-0.3, -0.25) is 5.41 Å². The Hall–Kier alpha value is -1.03. The van der Waals surface area contributed by atoms with Crippen LogP contribution in [0.5, 0.6) is 0 Å². The fraction of sp³-hybridized carbons (Fsp3) is 0.533. The number of hydrogen-bond donors (Lipinski definition) is 2. The van der Waals surface area contributed by atoms with Gasteiger partial charge in [0, 0.05) is 29.3 Å². The van der Waals surface area contributed by atoms with Gasteiger partial charge in [0.25, 0.3) is 0 Å². The SMILES string of the molecule is CN(CC1CCCCC1)c1cc(Br)ccc1C(=N)N. The highest BCUT2D eigenvalue weighted by molar-refractivity contribution is 9.10. The third kappa shape index (κ3) is 3.72. The molecular weight excluding hydrogens is 302 g/mol. The van der Waals surface area contributed by atoms with Gasteiger partial charge in [0.1, 0.15) is 5.84 Å². The Balaban J connectivity index is 2.14. The maximum Gasteiger partial charge on any atom is 0.124 e. The normalized spacial score (nSPS) is 16.3. The summed E-state index contributed by atoms with van der Waals surface area (Å²) in [5.74, 6) is 0.913. The van der Waals surface area contributed by atoms with E-state index >= 15 is 0 Å². The summed E-state index contributed by atoms with van der Waals surface area (Å²) < 4.78 is 1.03. The predicted octanol–water partition coefficient (Wildman–Crippen LogP) is 3.75. The minimum Gasteiger partial charge on any atom is -0.384 e. The summed E-state index contributed by atoms with van der Waals surface area (Å²) in [6.07, 6.45) is 6.75. The first kappa shape index (κ1) is 14.4. The van der Waals surface area contributed by atoms with Crippen molar-refractivity contribution in [3.63, 3.8) is 0 Å². The summed E-state index contributed by atoms with van der Waals surface area (Å²) >= 11 is 3.50. The Labute approximate surface area is 123 Å². The average Bonchev–Trinajstić information content (AvgIpc) is 2.39. The van der Waals surface area contributed by atoms with Crippen LogP contribution in [0.2, 0.25) is 0 Å². The first-order chi connectivity index (χ1) is 9.08. The zero-order valence-electron chi connectivity index (χ0n) is 11.5. The lowest BCUT2D eigenvalue weighted by Crippen LogP contribution is -2.29. The Bertz CT molecular complexity index is 453. The van der Waals surface area contributed by atoms with Crippen LogP contribution in [0.1, 0.15) is 37.7 Å². The number of rotatable bonds is 4. The standard InChI is InChI=1S/C15H22BrN3/c1-19(10-11-5-3-2-4-6-11)14-9-12(16)7-8-13(14)15(17)18/h7-9,11H,2-6,10H2,1H3,(H3,17,18). The fourth-order valence-electron chi connectivity index (χ4n) is 2.90. The van der Waals surface area contributed by atoms with Gasteiger partial charge in [0.2, 0.25) is 0 Å². The first-order valence-corrected chi connectivity index (χ1v) is 7.72. The second-order valence-electron chi connectivity index (χ2n) is 5.46. The van der Waals surface area contributed by atoms with Crippen molar-refractivity contribution in [1.82, 2.24) is 0 Å². The molecule has 104 valence electrons. The number of nitrogens with zero attached hydrogens (tertiary/aromatic N) is 1. The number of amidine groups is 1. The summed E-state index contributed by atoms with van der Waals surface area (Å²) in [6, 6.07) is 5.91. The van der Waals surface area contributed by atoms with Gasteiger partial charge in [-0.15, -0.1) is 0 Å². The average molecular weight is 324 g/mol. The number of nitrogens with two attached hydrogens (primary N) is 1. The maximum absolute atomic E-state index is 7.70. The summed E-state index contributed by atoms with van der Waals surface area (Å²) in [5.41, 5.74) is 7.55. The van der Waals surface area contributed by atoms with Crippen molar-refractivity contribution in [2.24, 2.45) is 11.7 Å². The Morgan fingerprint density at radius 2 is 2.05 bits per heavy atom. The van der Waals surface area contributed by atoms with Gasteiger partial charge in [-0.25, -0.2) is 0 Å². The van der Waals surface area contributed by atoms with Crippen LogP contribution in [0.4, 0.5) is 5.69 Å². The lowest BCUT2D eigenvalue weighted by Gasteiger charge is -2.29. The van der Waals surface area contributed by atoms with E-state index in [2.05, 4.69) is 33.9 Å². The summed E-state index contributed by atoms with van der Waals surface area (Å²) in [4.78, 5) is 2.25. The first-order valence-electron chi connectivity index (χ1n) is 6.93. The van der Waals surface area contributed by atoms with Crippen LogP contribution in [0.3, 0.4) is 0 Å². The Morgan fingerprint density at radius 1 is 1.37 bits per heavy atom. The molecule has 0 saturated heterocycles. The van der Waals surface area contributed by atoms with Crippen LogP contribution in [0.15, 0.2) is 22.7 Å². The van der Waals surface area contributed by atoms with Gasteiger partial charge in [0.05, 0.1) is 0 Å². The molecule has 0 bridgehead atoms. The molecule has 4 heteroatoms. The van der Waals surface area contributed by atoms with Gasteiger partial charge in [0.15, 0.2) is 0 Å². The Morgan fingerprint density at radius 3 is 2.68 bits per heavy atom. The fourth-order valence-corrected chi connectivity index (χ4v) is 3.25. The molecule has 0 aliphatic heterocycles. The van der Waals surface area contributed by atoms with Crippen LogP contribution < -0.4 is 10.6 Å². The van der Waals surface area contributed by atoms with E-state index in [1.807, 2.05) is 12.1 Å². The zero-order chi connectivity index (χ0) is 13.8. The number of halogens is 1. The molecule has 1 aliphatic rings. The van der Waals surface area contributed by atoms with Crippen molar-refractivity contribution in [1.29, 1.82) is 5.41 Å². The molecule has 1 aliphatic carbocycles. The summed E-state index contributed by atoms with van der Waals surface area (Å²) in [5, 5.41) is 7.70. The maximum atomic E-state index is 7.70. The highest BCUT2D eigenvalue weighted by atomic mass is 79.9. The van der Waals surface area contributed by atoms with E-state index in [-0.39, 0.29) is 5.84 Å². The van der Waals surface area contributed by atoms with Crippen molar-refractivity contribution < 1.29 is 0 Å². The van der Waals surface area contributed by atoms with E-state index in [0.29, 0.717) is 0 Å². The number of anilines is 1. The second-order valence-corrected chi connectivity index (χ2v) is 6.38. The molecule has 3 N–H and O–H groups in total. The molecule has 3 nitrogen and oxygen atoms in total. The number of nitrogen functional groups attached to an aromatic ring is 1. The van der Waals surface area contributed by atoms with Crippen molar-refractivity contribution in [2.75, 3.05) is 18.5 Å². The topological polar surface area (TPSA) is 53.1 Å². The van der Waals surface area contributed by atoms with Gasteiger partial charge in [-0.1, -0.05) is 35.2 Å². The van der Waals surface area contributed by atoms with E-state index in [0.717, 1.165) is 28.2 Å². The van der Waals surface area contributed by atoms with Crippen molar-refractivity contribution in [2.45, 2.75) is 32.1 Å². The molecule has 0 atom stereocenters. The highest BCUT2D eigenvalue weighted by Crippen LogP contribution is 2.28. The van der Waals surface area contributed by atoms with Crippen LogP contribution in [0, 0.1) is 11.3 Å². The number of hydrogen-bond acceptors (Lipinski definition) is 2. The molecule has 0 radical (unpaired) electrons. The number of benzene rings is 1. The monoisotopic (exact) mass is 323 g/mol. The third-order valence-electron chi connectivity index (χ3n) is 3.92. The zero-order valence-corrected chi connectivity index (χ0v) is 13.0. The van der Waals surface area contributed by atoms with Gasteiger partial charge < -0.3 is 10.6 Å². The van der Waals surface area contributed by atoms with Crippen LogP contribution in [-0.2, 0) is 0 Å². The summed E-state index contributed by atoms with van der Waals surface area (Å²) in [7, 11) is 2.10. The lowest BCUT2D eigenvalue weighted by atomic mass is 9.89. The van der Waals surface area contributed by atoms with Crippen molar-refractivity contribution in [3.05, 3.63) is 28.2 Å². The molecule has 1 aromatic carbocycles. The summed E-state index contributed by atoms with van der Waals surface area (Å²) in [6.45, 7) is 1.05. The largest absolute Gasteiger partial charge is 0.384 e. The molecule has 0 amide bonds. The Kier molecular flexibility index (Phi) is 4.86. The van der Waals surface area contributed by atoms with Crippen molar-refractivity contribution >= 4 is 27.5 Å². The number of nitrogens with one attached hydrogen (secondary N) is 1. The minimum absolute atomic E-state index is 0.137. The molecule has 1 aromatic rings. The molecule has 0 aromatic heterocycles. The smallest absolute Gasteiger partial charge is 0.124 e. The highest BCUT2D eigenvalue weighted by Gasteiger charge is 2.17. The molecule has 0 spiro atoms.